The molecule has 7 heteroatoms. The Balaban J connectivity index is 1.63. The minimum absolute atomic E-state index is 0.0863. The maximum Gasteiger partial charge on any atom is 0.252 e. The van der Waals surface area contributed by atoms with Gasteiger partial charge in [-0.05, 0) is 31.5 Å². The van der Waals surface area contributed by atoms with Crippen LogP contribution in [0.3, 0.4) is 0 Å². The molecule has 2 fully saturated rings. The van der Waals surface area contributed by atoms with Crippen molar-refractivity contribution in [1.29, 1.82) is 0 Å². The molecule has 0 radical (unpaired) electrons. The molecule has 2 aliphatic heterocycles. The number of benzene rings is 2. The van der Waals surface area contributed by atoms with Gasteiger partial charge in [0, 0.05) is 10.9 Å². The summed E-state index contributed by atoms with van der Waals surface area (Å²) in [7, 11) is -3.06. The molecule has 28 heavy (non-hydrogen) atoms. The summed E-state index contributed by atoms with van der Waals surface area (Å²) < 4.78 is 24.3. The summed E-state index contributed by atoms with van der Waals surface area (Å²) in [5.74, 6) is 0.0208. The smallest absolute Gasteiger partial charge is 0.252 e. The second kappa shape index (κ2) is 7.37. The van der Waals surface area contributed by atoms with Gasteiger partial charge in [0.2, 0.25) is 0 Å². The molecule has 0 saturated carbocycles. The van der Waals surface area contributed by atoms with Crippen LogP contribution in [-0.2, 0) is 21.1 Å². The lowest BCUT2D eigenvalue weighted by molar-refractivity contribution is -0.117. The zero-order valence-corrected chi connectivity index (χ0v) is 17.5. The van der Waals surface area contributed by atoms with Crippen molar-refractivity contribution in [3.05, 3.63) is 65.2 Å². The summed E-state index contributed by atoms with van der Waals surface area (Å²) in [6.45, 7) is 4.00. The molecular weight excluding hydrogens is 392 g/mol. The van der Waals surface area contributed by atoms with E-state index in [4.69, 9.17) is 0 Å². The van der Waals surface area contributed by atoms with Gasteiger partial charge in [-0.15, -0.1) is 0 Å². The van der Waals surface area contributed by atoms with Crippen LogP contribution in [0.2, 0.25) is 0 Å². The summed E-state index contributed by atoms with van der Waals surface area (Å²) in [6, 6.07) is 15.6. The first-order valence-corrected chi connectivity index (χ1v) is 11.9. The summed E-state index contributed by atoms with van der Waals surface area (Å²) >= 11 is 1.41. The average Bonchev–Trinajstić information content (AvgIpc) is 3.06. The maximum atomic E-state index is 12.6. The summed E-state index contributed by atoms with van der Waals surface area (Å²) in [5.41, 5.74) is 4.04. The van der Waals surface area contributed by atoms with E-state index in [1.165, 1.54) is 11.8 Å². The Morgan fingerprint density at radius 2 is 1.86 bits per heavy atom. The first kappa shape index (κ1) is 19.2. The van der Waals surface area contributed by atoms with Gasteiger partial charge in [0.25, 0.3) is 5.91 Å². The molecule has 146 valence electrons. The van der Waals surface area contributed by atoms with E-state index >= 15 is 0 Å². The van der Waals surface area contributed by atoms with Crippen LogP contribution < -0.4 is 4.90 Å². The normalized spacial score (nSPS) is 24.5. The Morgan fingerprint density at radius 3 is 2.57 bits per heavy atom. The number of carbonyl (C=O) groups excluding carboxylic acids is 1. The third-order valence-electron chi connectivity index (χ3n) is 5.04. The van der Waals surface area contributed by atoms with Crippen LogP contribution in [-0.4, -0.2) is 42.3 Å². The van der Waals surface area contributed by atoms with Crippen LogP contribution >= 0.6 is 11.8 Å². The highest BCUT2D eigenvalue weighted by Gasteiger charge is 2.49. The highest BCUT2D eigenvalue weighted by Crippen LogP contribution is 2.41. The molecule has 0 N–H and O–H groups in total. The second-order valence-corrected chi connectivity index (χ2v) is 10.8. The van der Waals surface area contributed by atoms with Crippen LogP contribution in [0.25, 0.3) is 0 Å². The number of anilines is 1. The van der Waals surface area contributed by atoms with Crippen molar-refractivity contribution >= 4 is 38.4 Å². The number of hydrogen-bond acceptors (Lipinski definition) is 4. The number of amides is 1. The lowest BCUT2D eigenvalue weighted by Gasteiger charge is -2.24. The molecule has 4 rings (SSSR count). The van der Waals surface area contributed by atoms with E-state index in [1.807, 2.05) is 67.3 Å². The predicted octanol–water partition coefficient (Wildman–Crippen LogP) is 3.15. The van der Waals surface area contributed by atoms with Crippen LogP contribution in [0.5, 0.6) is 0 Å². The van der Waals surface area contributed by atoms with E-state index in [-0.39, 0.29) is 35.1 Å². The van der Waals surface area contributed by atoms with E-state index < -0.39 is 9.84 Å². The first-order valence-electron chi connectivity index (χ1n) is 9.21. The van der Waals surface area contributed by atoms with Crippen LogP contribution in [0.15, 0.2) is 53.5 Å². The lowest BCUT2D eigenvalue weighted by atomic mass is 10.1. The van der Waals surface area contributed by atoms with Gasteiger partial charge in [-0.25, -0.2) is 8.42 Å². The Kier molecular flexibility index (Phi) is 5.05. The molecule has 2 unspecified atom stereocenters. The van der Waals surface area contributed by atoms with Crippen LogP contribution in [0.4, 0.5) is 5.69 Å². The standard InChI is InChI=1S/C21H22N2O3S2/c1-14-6-8-17(9-7-14)23-18-12-28(25,26)13-19(18)27-21(23)22-20(24)11-16-5-3-4-15(2)10-16/h3-10,18-19H,11-13H2,1-2H3. The Morgan fingerprint density at radius 1 is 1.11 bits per heavy atom. The van der Waals surface area contributed by atoms with Gasteiger partial charge in [0.15, 0.2) is 15.0 Å². The molecule has 0 aliphatic carbocycles. The zero-order chi connectivity index (χ0) is 19.9. The third-order valence-corrected chi connectivity index (χ3v) is 8.25. The molecule has 0 aromatic heterocycles. The van der Waals surface area contributed by atoms with Gasteiger partial charge >= 0.3 is 0 Å². The molecule has 0 bridgehead atoms. The molecule has 2 aliphatic rings. The maximum absolute atomic E-state index is 12.6. The Labute approximate surface area is 169 Å². The van der Waals surface area contributed by atoms with Crippen molar-refractivity contribution in [2.75, 3.05) is 16.4 Å². The summed E-state index contributed by atoms with van der Waals surface area (Å²) in [5, 5.41) is 0.517. The largest absolute Gasteiger partial charge is 0.316 e. The number of aryl methyl sites for hydroxylation is 2. The number of thioether (sulfide) groups is 1. The molecular formula is C21H22N2O3S2. The fraction of sp³-hybridized carbons (Fsp3) is 0.333. The number of amidine groups is 1. The van der Waals surface area contributed by atoms with E-state index in [1.54, 1.807) is 0 Å². The topological polar surface area (TPSA) is 66.8 Å². The molecule has 2 atom stereocenters. The molecule has 0 spiro atoms. The van der Waals surface area contributed by atoms with Gasteiger partial charge in [0.05, 0.1) is 24.0 Å². The highest BCUT2D eigenvalue weighted by molar-refractivity contribution is 8.16. The van der Waals surface area contributed by atoms with Gasteiger partial charge in [0.1, 0.15) is 0 Å². The minimum atomic E-state index is -3.06. The predicted molar refractivity (Wildman–Crippen MR) is 115 cm³/mol. The third kappa shape index (κ3) is 4.00. The molecule has 2 heterocycles. The molecule has 2 saturated heterocycles. The van der Waals surface area contributed by atoms with E-state index in [2.05, 4.69) is 4.99 Å². The first-order chi connectivity index (χ1) is 13.3. The van der Waals surface area contributed by atoms with E-state index in [0.717, 1.165) is 22.4 Å². The van der Waals surface area contributed by atoms with Gasteiger partial charge in [-0.1, -0.05) is 59.3 Å². The minimum Gasteiger partial charge on any atom is -0.316 e. The SMILES string of the molecule is Cc1ccc(N2C(=NC(=O)Cc3cccc(C)c3)SC3CS(=O)(=O)CC32)cc1. The second-order valence-electron chi connectivity index (χ2n) is 7.46. The van der Waals surface area contributed by atoms with Crippen molar-refractivity contribution in [1.82, 2.24) is 0 Å². The summed E-state index contributed by atoms with van der Waals surface area (Å²) in [6.07, 6.45) is 0.237. The van der Waals surface area contributed by atoms with E-state index in [9.17, 15) is 13.2 Å². The monoisotopic (exact) mass is 414 g/mol. The number of sulfone groups is 1. The fourth-order valence-corrected chi connectivity index (χ4v) is 7.65. The van der Waals surface area contributed by atoms with Crippen molar-refractivity contribution < 1.29 is 13.2 Å². The van der Waals surface area contributed by atoms with Crippen molar-refractivity contribution in [3.63, 3.8) is 0 Å². The molecule has 5 nitrogen and oxygen atoms in total. The number of rotatable bonds is 3. The van der Waals surface area contributed by atoms with Crippen LogP contribution in [0, 0.1) is 13.8 Å². The highest BCUT2D eigenvalue weighted by atomic mass is 32.2. The lowest BCUT2D eigenvalue weighted by Crippen LogP contribution is -2.37. The number of aliphatic imine (C=N–C) groups is 1. The van der Waals surface area contributed by atoms with Gasteiger partial charge in [-0.3, -0.25) is 4.79 Å². The number of fused-ring (bicyclic) bond motifs is 1. The van der Waals surface area contributed by atoms with Gasteiger partial charge in [-0.2, -0.15) is 4.99 Å². The number of nitrogens with zero attached hydrogens (tertiary/aromatic N) is 2. The molecule has 2 aromatic carbocycles. The quantitative estimate of drug-likeness (QED) is 0.772. The number of hydrogen-bond donors (Lipinski definition) is 0. The van der Waals surface area contributed by atoms with Crippen molar-refractivity contribution in [3.8, 4) is 0 Å². The Hall–Kier alpha value is -2.12. The van der Waals surface area contributed by atoms with Gasteiger partial charge < -0.3 is 4.90 Å². The van der Waals surface area contributed by atoms with Crippen molar-refractivity contribution in [2.24, 2.45) is 4.99 Å². The molecule has 1 amide bonds. The van der Waals surface area contributed by atoms with E-state index in [0.29, 0.717) is 5.17 Å². The fourth-order valence-electron chi connectivity index (χ4n) is 3.71. The zero-order valence-electron chi connectivity index (χ0n) is 15.8. The average molecular weight is 415 g/mol. The summed E-state index contributed by atoms with van der Waals surface area (Å²) in [4.78, 5) is 18.9. The van der Waals surface area contributed by atoms with Crippen molar-refractivity contribution in [2.45, 2.75) is 31.6 Å². The number of carbonyl (C=O) groups is 1. The van der Waals surface area contributed by atoms with Crippen LogP contribution in [0.1, 0.15) is 16.7 Å². The Bertz CT molecular complexity index is 1050. The molecule has 2 aromatic rings.